The zero-order chi connectivity index (χ0) is 11.1. The molecule has 0 aromatic heterocycles. The van der Waals surface area contributed by atoms with Crippen LogP contribution in [0, 0.1) is 5.92 Å². The van der Waals surface area contributed by atoms with Gasteiger partial charge in [0.05, 0.1) is 13.7 Å². The van der Waals surface area contributed by atoms with Crippen molar-refractivity contribution in [2.45, 2.75) is 32.2 Å². The van der Waals surface area contributed by atoms with E-state index in [9.17, 15) is 4.79 Å². The first-order valence-electron chi connectivity index (χ1n) is 5.66. The van der Waals surface area contributed by atoms with E-state index in [1.54, 1.807) is 0 Å². The summed E-state index contributed by atoms with van der Waals surface area (Å²) in [6.45, 7) is 4.51. The van der Waals surface area contributed by atoms with Crippen molar-refractivity contribution in [2.75, 3.05) is 26.9 Å². The first kappa shape index (κ1) is 12.5. The van der Waals surface area contributed by atoms with E-state index >= 15 is 0 Å². The molecule has 4 nitrogen and oxygen atoms in total. The monoisotopic (exact) mass is 215 g/mol. The molecule has 2 unspecified atom stereocenters. The van der Waals surface area contributed by atoms with Gasteiger partial charge in [0.1, 0.15) is 6.04 Å². The first-order valence-corrected chi connectivity index (χ1v) is 5.66. The lowest BCUT2D eigenvalue weighted by Gasteiger charge is -2.24. The zero-order valence-electron chi connectivity index (χ0n) is 9.62. The second-order valence-electron chi connectivity index (χ2n) is 3.98. The Hall–Kier alpha value is -0.610. The maximum absolute atomic E-state index is 11.3. The van der Waals surface area contributed by atoms with Crippen LogP contribution in [0.2, 0.25) is 0 Å². The minimum absolute atomic E-state index is 0.170. The molecule has 0 amide bonds. The van der Waals surface area contributed by atoms with Gasteiger partial charge < -0.3 is 14.8 Å². The molecule has 1 heterocycles. The molecule has 15 heavy (non-hydrogen) atoms. The number of nitrogens with one attached hydrogen (secondary N) is 1. The third kappa shape index (κ3) is 4.18. The molecular formula is C11H21NO3. The van der Waals surface area contributed by atoms with E-state index in [0.717, 1.165) is 32.6 Å². The number of esters is 1. The Morgan fingerprint density at radius 2 is 2.47 bits per heavy atom. The SMILES string of the molecule is CCC(NCC1CCCOC1)C(=O)OC. The standard InChI is InChI=1S/C11H21NO3/c1-3-10(11(13)14-2)12-7-9-5-4-6-15-8-9/h9-10,12H,3-8H2,1-2H3. The van der Waals surface area contributed by atoms with E-state index in [1.165, 1.54) is 13.5 Å². The van der Waals surface area contributed by atoms with Gasteiger partial charge in [-0.3, -0.25) is 4.79 Å². The molecular weight excluding hydrogens is 194 g/mol. The molecule has 0 radical (unpaired) electrons. The van der Waals surface area contributed by atoms with Gasteiger partial charge in [0.25, 0.3) is 0 Å². The van der Waals surface area contributed by atoms with E-state index in [-0.39, 0.29) is 12.0 Å². The number of carbonyl (C=O) groups excluding carboxylic acids is 1. The second kappa shape index (κ2) is 6.80. The van der Waals surface area contributed by atoms with Crippen LogP contribution in [0.5, 0.6) is 0 Å². The topological polar surface area (TPSA) is 47.6 Å². The van der Waals surface area contributed by atoms with Crippen LogP contribution in [-0.4, -0.2) is 38.9 Å². The van der Waals surface area contributed by atoms with Gasteiger partial charge in [0.2, 0.25) is 0 Å². The third-order valence-corrected chi connectivity index (χ3v) is 2.80. The van der Waals surface area contributed by atoms with Crippen LogP contribution in [0.15, 0.2) is 0 Å². The summed E-state index contributed by atoms with van der Waals surface area (Å²) < 4.78 is 10.1. The van der Waals surface area contributed by atoms with Gasteiger partial charge in [-0.2, -0.15) is 0 Å². The summed E-state index contributed by atoms with van der Waals surface area (Å²) >= 11 is 0. The average Bonchev–Trinajstić information content (AvgIpc) is 2.31. The largest absolute Gasteiger partial charge is 0.468 e. The molecule has 1 rings (SSSR count). The highest BCUT2D eigenvalue weighted by Gasteiger charge is 2.19. The van der Waals surface area contributed by atoms with Crippen LogP contribution in [0.3, 0.4) is 0 Å². The Morgan fingerprint density at radius 3 is 3.00 bits per heavy atom. The lowest BCUT2D eigenvalue weighted by molar-refractivity contribution is -0.143. The smallest absolute Gasteiger partial charge is 0.322 e. The molecule has 1 aliphatic rings. The predicted molar refractivity (Wildman–Crippen MR) is 57.6 cm³/mol. The highest BCUT2D eigenvalue weighted by Crippen LogP contribution is 2.12. The number of methoxy groups -OCH3 is 1. The number of hydrogen-bond acceptors (Lipinski definition) is 4. The number of ether oxygens (including phenoxy) is 2. The van der Waals surface area contributed by atoms with E-state index in [2.05, 4.69) is 5.32 Å². The molecule has 4 heteroatoms. The Morgan fingerprint density at radius 1 is 1.67 bits per heavy atom. The zero-order valence-corrected chi connectivity index (χ0v) is 9.62. The van der Waals surface area contributed by atoms with Crippen molar-refractivity contribution in [3.8, 4) is 0 Å². The molecule has 1 fully saturated rings. The number of hydrogen-bond donors (Lipinski definition) is 1. The average molecular weight is 215 g/mol. The Labute approximate surface area is 91.3 Å². The van der Waals surface area contributed by atoms with Gasteiger partial charge in [-0.25, -0.2) is 0 Å². The van der Waals surface area contributed by atoms with Gasteiger partial charge >= 0.3 is 5.97 Å². The molecule has 0 spiro atoms. The van der Waals surface area contributed by atoms with Crippen LogP contribution >= 0.6 is 0 Å². The quantitative estimate of drug-likeness (QED) is 0.694. The van der Waals surface area contributed by atoms with Crippen molar-refractivity contribution in [3.63, 3.8) is 0 Å². The Kier molecular flexibility index (Phi) is 5.65. The van der Waals surface area contributed by atoms with Crippen molar-refractivity contribution in [1.82, 2.24) is 5.32 Å². The molecule has 0 aromatic carbocycles. The maximum Gasteiger partial charge on any atom is 0.322 e. The molecule has 88 valence electrons. The van der Waals surface area contributed by atoms with E-state index in [4.69, 9.17) is 9.47 Å². The molecule has 0 aromatic rings. The molecule has 0 saturated carbocycles. The normalized spacial score (nSPS) is 23.5. The fourth-order valence-corrected chi connectivity index (χ4v) is 1.81. The van der Waals surface area contributed by atoms with E-state index in [0.29, 0.717) is 5.92 Å². The highest BCUT2D eigenvalue weighted by molar-refractivity contribution is 5.75. The van der Waals surface area contributed by atoms with Crippen molar-refractivity contribution in [2.24, 2.45) is 5.92 Å². The Bertz CT molecular complexity index is 190. The summed E-state index contributed by atoms with van der Waals surface area (Å²) in [4.78, 5) is 11.3. The van der Waals surface area contributed by atoms with Crippen molar-refractivity contribution in [1.29, 1.82) is 0 Å². The first-order chi connectivity index (χ1) is 7.27. The summed E-state index contributed by atoms with van der Waals surface area (Å²) in [5.41, 5.74) is 0. The van der Waals surface area contributed by atoms with Crippen LogP contribution in [0.25, 0.3) is 0 Å². The van der Waals surface area contributed by atoms with Gasteiger partial charge in [0.15, 0.2) is 0 Å². The van der Waals surface area contributed by atoms with Crippen LogP contribution in [0.1, 0.15) is 26.2 Å². The van der Waals surface area contributed by atoms with Crippen molar-refractivity contribution >= 4 is 5.97 Å². The van der Waals surface area contributed by atoms with Gasteiger partial charge in [-0.15, -0.1) is 0 Å². The fourth-order valence-electron chi connectivity index (χ4n) is 1.81. The lowest BCUT2D eigenvalue weighted by Crippen LogP contribution is -2.41. The predicted octanol–water partition coefficient (Wildman–Crippen LogP) is 0.954. The van der Waals surface area contributed by atoms with Gasteiger partial charge in [-0.1, -0.05) is 6.92 Å². The van der Waals surface area contributed by atoms with Crippen LogP contribution in [-0.2, 0) is 14.3 Å². The van der Waals surface area contributed by atoms with Crippen molar-refractivity contribution < 1.29 is 14.3 Å². The van der Waals surface area contributed by atoms with Crippen LogP contribution < -0.4 is 5.32 Å². The number of rotatable bonds is 5. The van der Waals surface area contributed by atoms with Crippen molar-refractivity contribution in [3.05, 3.63) is 0 Å². The molecule has 1 aliphatic heterocycles. The molecule has 0 aliphatic carbocycles. The van der Waals surface area contributed by atoms with Gasteiger partial charge in [0, 0.05) is 13.2 Å². The summed E-state index contributed by atoms with van der Waals surface area (Å²) in [6, 6.07) is -0.170. The number of carbonyl (C=O) groups is 1. The lowest BCUT2D eigenvalue weighted by atomic mass is 10.0. The third-order valence-electron chi connectivity index (χ3n) is 2.80. The molecule has 0 bridgehead atoms. The highest BCUT2D eigenvalue weighted by atomic mass is 16.5. The Balaban J connectivity index is 2.23. The molecule has 1 N–H and O–H groups in total. The fraction of sp³-hybridized carbons (Fsp3) is 0.909. The minimum atomic E-state index is -0.172. The summed E-state index contributed by atoms with van der Waals surface area (Å²) in [6.07, 6.45) is 3.08. The van der Waals surface area contributed by atoms with E-state index < -0.39 is 0 Å². The molecule has 2 atom stereocenters. The minimum Gasteiger partial charge on any atom is -0.468 e. The van der Waals surface area contributed by atoms with E-state index in [1.807, 2.05) is 6.92 Å². The second-order valence-corrected chi connectivity index (χ2v) is 3.98. The summed E-state index contributed by atoms with van der Waals surface area (Å²) in [7, 11) is 1.43. The van der Waals surface area contributed by atoms with Crippen LogP contribution in [0.4, 0.5) is 0 Å². The maximum atomic E-state index is 11.3. The summed E-state index contributed by atoms with van der Waals surface area (Å²) in [5.74, 6) is 0.367. The van der Waals surface area contributed by atoms with Gasteiger partial charge in [-0.05, 0) is 25.2 Å². The molecule has 1 saturated heterocycles. The summed E-state index contributed by atoms with van der Waals surface area (Å²) in [5, 5.41) is 3.24.